The number of rotatable bonds is 5. The summed E-state index contributed by atoms with van der Waals surface area (Å²) in [6, 6.07) is 7.71. The van der Waals surface area contributed by atoms with Crippen molar-refractivity contribution in [2.75, 3.05) is 13.2 Å². The minimum Gasteiger partial charge on any atom is -0.481 e. The molecule has 1 aliphatic heterocycles. The van der Waals surface area contributed by atoms with Gasteiger partial charge in [0, 0.05) is 12.6 Å². The van der Waals surface area contributed by atoms with Gasteiger partial charge in [-0.2, -0.15) is 0 Å². The highest BCUT2D eigenvalue weighted by Crippen LogP contribution is 2.29. The summed E-state index contributed by atoms with van der Waals surface area (Å²) in [5.41, 5.74) is 2.03. The molecule has 1 aromatic carbocycles. The van der Waals surface area contributed by atoms with Crippen molar-refractivity contribution in [1.29, 1.82) is 0 Å². The third-order valence-corrected chi connectivity index (χ3v) is 3.69. The predicted molar refractivity (Wildman–Crippen MR) is 77.9 cm³/mol. The van der Waals surface area contributed by atoms with Gasteiger partial charge in [-0.3, -0.25) is 9.59 Å². The fourth-order valence-electron chi connectivity index (χ4n) is 2.59. The van der Waals surface area contributed by atoms with Crippen molar-refractivity contribution in [3.8, 4) is 0 Å². The van der Waals surface area contributed by atoms with Crippen molar-refractivity contribution in [3.63, 3.8) is 0 Å². The second-order valence-corrected chi connectivity index (χ2v) is 5.47. The SMILES string of the molecule is CC(C)N(CCC(=O)O)C(=O)C1OCCc2ccccc21. The zero-order chi connectivity index (χ0) is 15.4. The summed E-state index contributed by atoms with van der Waals surface area (Å²) in [4.78, 5) is 25.1. The zero-order valence-corrected chi connectivity index (χ0v) is 12.4. The first-order valence-electron chi connectivity index (χ1n) is 7.22. The monoisotopic (exact) mass is 291 g/mol. The van der Waals surface area contributed by atoms with Gasteiger partial charge in [0.25, 0.3) is 5.91 Å². The summed E-state index contributed by atoms with van der Waals surface area (Å²) in [7, 11) is 0. The molecular formula is C16H21NO4. The third kappa shape index (κ3) is 3.61. The van der Waals surface area contributed by atoms with Gasteiger partial charge in [0.15, 0.2) is 6.10 Å². The van der Waals surface area contributed by atoms with E-state index in [1.165, 1.54) is 0 Å². The van der Waals surface area contributed by atoms with Gasteiger partial charge >= 0.3 is 5.97 Å². The number of aliphatic carboxylic acids is 1. The molecule has 1 amide bonds. The smallest absolute Gasteiger partial charge is 0.305 e. The zero-order valence-electron chi connectivity index (χ0n) is 12.4. The van der Waals surface area contributed by atoms with E-state index in [2.05, 4.69) is 0 Å². The minimum atomic E-state index is -0.904. The Kier molecular flexibility index (Phi) is 4.96. The second kappa shape index (κ2) is 6.72. The molecule has 114 valence electrons. The van der Waals surface area contributed by atoms with E-state index >= 15 is 0 Å². The quantitative estimate of drug-likeness (QED) is 0.901. The van der Waals surface area contributed by atoms with E-state index in [-0.39, 0.29) is 24.9 Å². The number of amides is 1. The lowest BCUT2D eigenvalue weighted by atomic mass is 9.96. The molecule has 1 aliphatic rings. The van der Waals surface area contributed by atoms with Crippen LogP contribution in [0.25, 0.3) is 0 Å². The Morgan fingerprint density at radius 2 is 2.10 bits per heavy atom. The largest absolute Gasteiger partial charge is 0.481 e. The topological polar surface area (TPSA) is 66.8 Å². The van der Waals surface area contributed by atoms with Crippen molar-refractivity contribution < 1.29 is 19.4 Å². The minimum absolute atomic E-state index is 0.0573. The summed E-state index contributed by atoms with van der Waals surface area (Å²) in [5.74, 6) is -1.06. The van der Waals surface area contributed by atoms with Crippen LogP contribution >= 0.6 is 0 Å². The Bertz CT molecular complexity index is 527. The van der Waals surface area contributed by atoms with Crippen LogP contribution < -0.4 is 0 Å². The van der Waals surface area contributed by atoms with Crippen LogP contribution in [-0.2, 0) is 20.7 Å². The van der Waals surface area contributed by atoms with Gasteiger partial charge in [-0.15, -0.1) is 0 Å². The van der Waals surface area contributed by atoms with E-state index in [0.717, 1.165) is 17.5 Å². The van der Waals surface area contributed by atoms with Gasteiger partial charge in [0.1, 0.15) is 0 Å². The average molecular weight is 291 g/mol. The van der Waals surface area contributed by atoms with E-state index in [1.54, 1.807) is 4.90 Å². The first-order valence-corrected chi connectivity index (χ1v) is 7.22. The molecule has 0 saturated carbocycles. The summed E-state index contributed by atoms with van der Waals surface area (Å²) < 4.78 is 5.67. The number of carbonyl (C=O) groups is 2. The van der Waals surface area contributed by atoms with Crippen molar-refractivity contribution in [1.82, 2.24) is 4.90 Å². The van der Waals surface area contributed by atoms with E-state index in [1.807, 2.05) is 38.1 Å². The molecule has 1 aromatic rings. The molecular weight excluding hydrogens is 270 g/mol. The maximum atomic E-state index is 12.7. The molecule has 2 rings (SSSR count). The Hall–Kier alpha value is -1.88. The van der Waals surface area contributed by atoms with E-state index in [4.69, 9.17) is 9.84 Å². The van der Waals surface area contributed by atoms with Crippen molar-refractivity contribution in [2.45, 2.75) is 38.8 Å². The van der Waals surface area contributed by atoms with Crippen LogP contribution in [0.3, 0.4) is 0 Å². The van der Waals surface area contributed by atoms with Crippen molar-refractivity contribution >= 4 is 11.9 Å². The summed E-state index contributed by atoms with van der Waals surface area (Å²) in [5, 5.41) is 8.82. The Morgan fingerprint density at radius 1 is 1.38 bits per heavy atom. The lowest BCUT2D eigenvalue weighted by molar-refractivity contribution is -0.148. The number of fused-ring (bicyclic) bond motifs is 1. The van der Waals surface area contributed by atoms with E-state index in [9.17, 15) is 9.59 Å². The molecule has 0 aliphatic carbocycles. The van der Waals surface area contributed by atoms with Crippen LogP contribution in [0.15, 0.2) is 24.3 Å². The molecule has 1 N–H and O–H groups in total. The lowest BCUT2D eigenvalue weighted by Crippen LogP contribution is -2.43. The Morgan fingerprint density at radius 3 is 2.76 bits per heavy atom. The van der Waals surface area contributed by atoms with Crippen LogP contribution in [0.5, 0.6) is 0 Å². The number of benzene rings is 1. The van der Waals surface area contributed by atoms with Gasteiger partial charge in [-0.05, 0) is 31.4 Å². The number of carboxylic acid groups (broad SMARTS) is 1. The fourth-order valence-corrected chi connectivity index (χ4v) is 2.59. The highest BCUT2D eigenvalue weighted by atomic mass is 16.5. The van der Waals surface area contributed by atoms with Crippen LogP contribution in [0.2, 0.25) is 0 Å². The van der Waals surface area contributed by atoms with Gasteiger partial charge in [-0.1, -0.05) is 24.3 Å². The first-order chi connectivity index (χ1) is 10.0. The molecule has 0 saturated heterocycles. The summed E-state index contributed by atoms with van der Waals surface area (Å²) >= 11 is 0. The maximum Gasteiger partial charge on any atom is 0.305 e. The molecule has 0 fully saturated rings. The molecule has 0 bridgehead atoms. The van der Waals surface area contributed by atoms with E-state index < -0.39 is 12.1 Å². The molecule has 1 heterocycles. The third-order valence-electron chi connectivity index (χ3n) is 3.69. The first kappa shape index (κ1) is 15.5. The predicted octanol–water partition coefficient (Wildman–Crippen LogP) is 2.01. The number of carbonyl (C=O) groups excluding carboxylic acids is 1. The molecule has 5 heteroatoms. The molecule has 1 atom stereocenters. The van der Waals surface area contributed by atoms with E-state index in [0.29, 0.717) is 6.61 Å². The van der Waals surface area contributed by atoms with Crippen molar-refractivity contribution in [3.05, 3.63) is 35.4 Å². The van der Waals surface area contributed by atoms with Gasteiger partial charge in [-0.25, -0.2) is 0 Å². The maximum absolute atomic E-state index is 12.7. The number of hydrogen-bond acceptors (Lipinski definition) is 3. The standard InChI is InChI=1S/C16H21NO4/c1-11(2)17(9-7-14(18)19)16(20)15-13-6-4-3-5-12(13)8-10-21-15/h3-6,11,15H,7-10H2,1-2H3,(H,18,19). The molecule has 0 aromatic heterocycles. The Labute approximate surface area is 124 Å². The lowest BCUT2D eigenvalue weighted by Gasteiger charge is -2.33. The van der Waals surface area contributed by atoms with Gasteiger partial charge < -0.3 is 14.7 Å². The number of carboxylic acids is 1. The fraction of sp³-hybridized carbons (Fsp3) is 0.500. The number of nitrogens with zero attached hydrogens (tertiary/aromatic N) is 1. The normalized spacial score (nSPS) is 17.4. The van der Waals surface area contributed by atoms with Crippen LogP contribution in [0, 0.1) is 0 Å². The molecule has 5 nitrogen and oxygen atoms in total. The van der Waals surface area contributed by atoms with Gasteiger partial charge in [0.05, 0.1) is 13.0 Å². The second-order valence-electron chi connectivity index (χ2n) is 5.47. The average Bonchev–Trinajstić information content (AvgIpc) is 2.46. The van der Waals surface area contributed by atoms with Crippen LogP contribution in [0.4, 0.5) is 0 Å². The number of hydrogen-bond donors (Lipinski definition) is 1. The molecule has 0 radical (unpaired) electrons. The highest BCUT2D eigenvalue weighted by molar-refractivity contribution is 5.83. The summed E-state index contributed by atoms with van der Waals surface area (Å²) in [6.07, 6.45) is 0.126. The van der Waals surface area contributed by atoms with Crippen LogP contribution in [0.1, 0.15) is 37.5 Å². The summed E-state index contributed by atoms with van der Waals surface area (Å²) in [6.45, 7) is 4.48. The molecule has 0 spiro atoms. The highest BCUT2D eigenvalue weighted by Gasteiger charge is 2.32. The number of ether oxygens (including phenoxy) is 1. The molecule has 1 unspecified atom stereocenters. The van der Waals surface area contributed by atoms with Gasteiger partial charge in [0.2, 0.25) is 0 Å². The van der Waals surface area contributed by atoms with Crippen LogP contribution in [-0.4, -0.2) is 41.1 Å². The Balaban J connectivity index is 2.19. The van der Waals surface area contributed by atoms with Crippen molar-refractivity contribution in [2.24, 2.45) is 0 Å². The molecule has 21 heavy (non-hydrogen) atoms.